The van der Waals surface area contributed by atoms with Crippen LogP contribution in [0.2, 0.25) is 0 Å². The average molecular weight is 272 g/mol. The van der Waals surface area contributed by atoms with Gasteiger partial charge in [-0.05, 0) is 25.7 Å². The molecule has 0 aromatic carbocycles. The van der Waals surface area contributed by atoms with Crippen molar-refractivity contribution in [3.8, 4) is 0 Å². The Balaban J connectivity index is 2.35. The van der Waals surface area contributed by atoms with E-state index in [9.17, 15) is 9.59 Å². The summed E-state index contributed by atoms with van der Waals surface area (Å²) in [6, 6.07) is -0.123. The van der Waals surface area contributed by atoms with Crippen LogP contribution in [0, 0.1) is 5.92 Å². The lowest BCUT2D eigenvalue weighted by molar-refractivity contribution is -0.140. The number of ether oxygens (including phenoxy) is 1. The molecule has 0 aromatic heterocycles. The van der Waals surface area contributed by atoms with Crippen molar-refractivity contribution in [2.45, 2.75) is 39.2 Å². The van der Waals surface area contributed by atoms with Gasteiger partial charge in [0.1, 0.15) is 0 Å². The highest BCUT2D eigenvalue weighted by molar-refractivity contribution is 5.74. The lowest BCUT2D eigenvalue weighted by Crippen LogP contribution is -2.47. The first-order valence-corrected chi connectivity index (χ1v) is 6.89. The van der Waals surface area contributed by atoms with Crippen LogP contribution in [0.1, 0.15) is 33.1 Å². The van der Waals surface area contributed by atoms with Crippen LogP contribution in [0.4, 0.5) is 4.79 Å². The SMILES string of the molecule is CCOC(CNC(=O)N1CCCC(C)C1)CC(=O)O. The van der Waals surface area contributed by atoms with Crippen LogP contribution in [0.25, 0.3) is 0 Å². The fourth-order valence-electron chi connectivity index (χ4n) is 2.31. The van der Waals surface area contributed by atoms with E-state index in [-0.39, 0.29) is 19.0 Å². The maximum Gasteiger partial charge on any atom is 0.317 e. The summed E-state index contributed by atoms with van der Waals surface area (Å²) >= 11 is 0. The number of nitrogens with zero attached hydrogens (tertiary/aromatic N) is 1. The number of carbonyl (C=O) groups excluding carboxylic acids is 1. The summed E-state index contributed by atoms with van der Waals surface area (Å²) in [6.45, 7) is 6.16. The maximum absolute atomic E-state index is 11.9. The molecule has 1 fully saturated rings. The van der Waals surface area contributed by atoms with Gasteiger partial charge in [-0.1, -0.05) is 6.92 Å². The van der Waals surface area contributed by atoms with E-state index in [1.165, 1.54) is 0 Å². The molecule has 0 spiro atoms. The maximum atomic E-state index is 11.9. The number of likely N-dealkylation sites (tertiary alicyclic amines) is 1. The lowest BCUT2D eigenvalue weighted by atomic mass is 10.0. The molecule has 19 heavy (non-hydrogen) atoms. The highest BCUT2D eigenvalue weighted by atomic mass is 16.5. The van der Waals surface area contributed by atoms with Crippen LogP contribution in [0.5, 0.6) is 0 Å². The molecular formula is C13H24N2O4. The van der Waals surface area contributed by atoms with E-state index in [0.717, 1.165) is 25.9 Å². The zero-order valence-corrected chi connectivity index (χ0v) is 11.7. The van der Waals surface area contributed by atoms with Crippen molar-refractivity contribution >= 4 is 12.0 Å². The summed E-state index contributed by atoms with van der Waals surface area (Å²) in [5, 5.41) is 11.5. The van der Waals surface area contributed by atoms with Crippen molar-refractivity contribution in [3.05, 3.63) is 0 Å². The molecule has 0 radical (unpaired) electrons. The highest BCUT2D eigenvalue weighted by Gasteiger charge is 2.22. The van der Waals surface area contributed by atoms with Crippen molar-refractivity contribution in [2.24, 2.45) is 5.92 Å². The van der Waals surface area contributed by atoms with Gasteiger partial charge >= 0.3 is 12.0 Å². The second kappa shape index (κ2) is 7.99. The first-order valence-electron chi connectivity index (χ1n) is 6.89. The van der Waals surface area contributed by atoms with Gasteiger partial charge in [-0.3, -0.25) is 4.79 Å². The largest absolute Gasteiger partial charge is 0.481 e. The van der Waals surface area contributed by atoms with Crippen molar-refractivity contribution in [1.82, 2.24) is 10.2 Å². The lowest BCUT2D eigenvalue weighted by Gasteiger charge is -2.31. The number of rotatable bonds is 6. The second-order valence-corrected chi connectivity index (χ2v) is 5.05. The van der Waals surface area contributed by atoms with Crippen LogP contribution in [-0.4, -0.2) is 54.4 Å². The molecule has 0 aromatic rings. The summed E-state index contributed by atoms with van der Waals surface area (Å²) < 4.78 is 5.30. The smallest absolute Gasteiger partial charge is 0.317 e. The van der Waals surface area contributed by atoms with Crippen molar-refractivity contribution in [3.63, 3.8) is 0 Å². The Bertz CT molecular complexity index is 309. The number of nitrogens with one attached hydrogen (secondary N) is 1. The summed E-state index contributed by atoms with van der Waals surface area (Å²) in [5.74, 6) is -0.388. The predicted molar refractivity (Wildman–Crippen MR) is 71.0 cm³/mol. The average Bonchev–Trinajstić information content (AvgIpc) is 2.35. The zero-order chi connectivity index (χ0) is 14.3. The van der Waals surface area contributed by atoms with Crippen molar-refractivity contribution in [1.29, 1.82) is 0 Å². The summed E-state index contributed by atoms with van der Waals surface area (Å²) in [7, 11) is 0. The van der Waals surface area contributed by atoms with E-state index >= 15 is 0 Å². The Labute approximate surface area is 114 Å². The summed E-state index contributed by atoms with van der Waals surface area (Å²) in [5.41, 5.74) is 0. The number of carbonyl (C=O) groups is 2. The number of piperidine rings is 1. The molecule has 1 saturated heterocycles. The summed E-state index contributed by atoms with van der Waals surface area (Å²) in [6.07, 6.45) is 1.63. The molecule has 1 aliphatic heterocycles. The Morgan fingerprint density at radius 3 is 2.84 bits per heavy atom. The zero-order valence-electron chi connectivity index (χ0n) is 11.7. The highest BCUT2D eigenvalue weighted by Crippen LogP contribution is 2.15. The summed E-state index contributed by atoms with van der Waals surface area (Å²) in [4.78, 5) is 24.4. The van der Waals surface area contributed by atoms with Gasteiger partial charge in [0.2, 0.25) is 0 Å². The molecule has 1 aliphatic rings. The number of urea groups is 1. The molecule has 2 N–H and O–H groups in total. The molecule has 6 heteroatoms. The normalized spacial score (nSPS) is 20.9. The molecule has 1 rings (SSSR count). The van der Waals surface area contributed by atoms with E-state index in [4.69, 9.17) is 9.84 Å². The number of hydrogen-bond acceptors (Lipinski definition) is 3. The predicted octanol–water partition coefficient (Wildman–Crippen LogP) is 1.31. The topological polar surface area (TPSA) is 78.9 Å². The number of carboxylic acids is 1. The Hall–Kier alpha value is -1.30. The van der Waals surface area contributed by atoms with E-state index in [0.29, 0.717) is 12.5 Å². The van der Waals surface area contributed by atoms with Gasteiger partial charge in [0.15, 0.2) is 0 Å². The minimum absolute atomic E-state index is 0.0927. The third-order valence-corrected chi connectivity index (χ3v) is 3.23. The minimum Gasteiger partial charge on any atom is -0.481 e. The Morgan fingerprint density at radius 1 is 1.53 bits per heavy atom. The van der Waals surface area contributed by atoms with Crippen LogP contribution in [0.3, 0.4) is 0 Å². The monoisotopic (exact) mass is 272 g/mol. The number of aliphatic carboxylic acids is 1. The van der Waals surface area contributed by atoms with E-state index in [1.807, 2.05) is 6.92 Å². The molecule has 0 aliphatic carbocycles. The molecule has 2 atom stereocenters. The molecule has 0 saturated carbocycles. The Morgan fingerprint density at radius 2 is 2.26 bits per heavy atom. The molecule has 2 unspecified atom stereocenters. The fraction of sp³-hybridized carbons (Fsp3) is 0.846. The van der Waals surface area contributed by atoms with Gasteiger partial charge < -0.3 is 20.1 Å². The second-order valence-electron chi connectivity index (χ2n) is 5.05. The van der Waals surface area contributed by atoms with E-state index < -0.39 is 12.1 Å². The van der Waals surface area contributed by atoms with E-state index in [2.05, 4.69) is 12.2 Å². The van der Waals surface area contributed by atoms with Gasteiger partial charge in [-0.15, -0.1) is 0 Å². The van der Waals surface area contributed by atoms with Crippen LogP contribution >= 0.6 is 0 Å². The third kappa shape index (κ3) is 5.92. The molecule has 6 nitrogen and oxygen atoms in total. The molecular weight excluding hydrogens is 248 g/mol. The minimum atomic E-state index is -0.917. The van der Waals surface area contributed by atoms with Gasteiger partial charge in [0.25, 0.3) is 0 Å². The van der Waals surface area contributed by atoms with Crippen LogP contribution in [-0.2, 0) is 9.53 Å². The molecule has 2 amide bonds. The van der Waals surface area contributed by atoms with Gasteiger partial charge in [-0.2, -0.15) is 0 Å². The number of hydrogen-bond donors (Lipinski definition) is 2. The van der Waals surface area contributed by atoms with Gasteiger partial charge in [0, 0.05) is 26.2 Å². The first kappa shape index (κ1) is 15.8. The van der Waals surface area contributed by atoms with Crippen molar-refractivity contribution < 1.29 is 19.4 Å². The number of amides is 2. The quantitative estimate of drug-likeness (QED) is 0.764. The van der Waals surface area contributed by atoms with Crippen LogP contribution < -0.4 is 5.32 Å². The molecule has 110 valence electrons. The first-order chi connectivity index (χ1) is 9.02. The standard InChI is InChI=1S/C13H24N2O4/c1-3-19-11(7-12(16)17)8-14-13(18)15-6-4-5-10(2)9-15/h10-11H,3-9H2,1-2H3,(H,14,18)(H,16,17). The number of carboxylic acid groups (broad SMARTS) is 1. The third-order valence-electron chi connectivity index (χ3n) is 3.23. The van der Waals surface area contributed by atoms with Crippen molar-refractivity contribution in [2.75, 3.05) is 26.2 Å². The van der Waals surface area contributed by atoms with Crippen LogP contribution in [0.15, 0.2) is 0 Å². The fourth-order valence-corrected chi connectivity index (χ4v) is 2.31. The van der Waals surface area contributed by atoms with E-state index in [1.54, 1.807) is 4.90 Å². The van der Waals surface area contributed by atoms with Gasteiger partial charge in [-0.25, -0.2) is 4.79 Å². The van der Waals surface area contributed by atoms with Gasteiger partial charge in [0.05, 0.1) is 12.5 Å². The Kier molecular flexibility index (Phi) is 6.62. The molecule has 1 heterocycles. The molecule has 0 bridgehead atoms.